The fraction of sp³-hybridized carbons (Fsp3) is 0.385. The van der Waals surface area contributed by atoms with E-state index in [1.54, 1.807) is 6.07 Å². The summed E-state index contributed by atoms with van der Waals surface area (Å²) < 4.78 is 5.98. The van der Waals surface area contributed by atoms with E-state index in [4.69, 9.17) is 27.9 Å². The number of methoxy groups -OCH3 is 1. The Balaban J connectivity index is 2.61. The molecule has 98 valence electrons. The Morgan fingerprint density at radius 3 is 2.67 bits per heavy atom. The second kappa shape index (κ2) is 5.55. The molecule has 0 bridgehead atoms. The number of hydrogen-bond acceptors (Lipinski definition) is 3. The average Bonchev–Trinajstić information content (AvgIpc) is 2.68. The molecule has 2 aromatic rings. The fourth-order valence-corrected chi connectivity index (χ4v) is 3.59. The first kappa shape index (κ1) is 13.8. The standard InChI is InChI=1S/C13H14Cl2O2S/c1-3-4-5-9-12(16)7-6-8(17-2)10(14)11(15)13(7)18-9/h6,16H,3-5H2,1-2H3. The number of fused-ring (bicyclic) bond motifs is 1. The third kappa shape index (κ3) is 2.27. The van der Waals surface area contributed by atoms with Crippen molar-refractivity contribution in [3.05, 3.63) is 21.0 Å². The smallest absolute Gasteiger partial charge is 0.139 e. The molecule has 5 heteroatoms. The number of thiophene rings is 1. The Labute approximate surface area is 120 Å². The first-order valence-corrected chi connectivity index (χ1v) is 7.33. The van der Waals surface area contributed by atoms with E-state index in [1.807, 2.05) is 0 Å². The molecule has 18 heavy (non-hydrogen) atoms. The van der Waals surface area contributed by atoms with Crippen LogP contribution in [0.1, 0.15) is 24.6 Å². The van der Waals surface area contributed by atoms with Crippen molar-refractivity contribution in [3.63, 3.8) is 0 Å². The normalized spacial score (nSPS) is 11.1. The molecule has 2 rings (SSSR count). The summed E-state index contributed by atoms with van der Waals surface area (Å²) >= 11 is 13.8. The van der Waals surface area contributed by atoms with Gasteiger partial charge < -0.3 is 9.84 Å². The van der Waals surface area contributed by atoms with Gasteiger partial charge in [0.1, 0.15) is 16.5 Å². The molecule has 0 saturated carbocycles. The molecule has 0 aliphatic heterocycles. The molecule has 0 aliphatic rings. The maximum Gasteiger partial charge on any atom is 0.139 e. The van der Waals surface area contributed by atoms with Crippen LogP contribution in [-0.2, 0) is 6.42 Å². The topological polar surface area (TPSA) is 29.5 Å². The Kier molecular flexibility index (Phi) is 4.25. The summed E-state index contributed by atoms with van der Waals surface area (Å²) in [6.07, 6.45) is 2.99. The number of hydrogen-bond donors (Lipinski definition) is 1. The fourth-order valence-electron chi connectivity index (χ4n) is 1.84. The molecule has 1 aromatic carbocycles. The number of unbranched alkanes of at least 4 members (excludes halogenated alkanes) is 1. The summed E-state index contributed by atoms with van der Waals surface area (Å²) in [6.45, 7) is 2.12. The monoisotopic (exact) mass is 304 g/mol. The zero-order valence-corrected chi connectivity index (χ0v) is 12.5. The van der Waals surface area contributed by atoms with Crippen LogP contribution in [0.2, 0.25) is 10.0 Å². The maximum absolute atomic E-state index is 10.2. The first-order chi connectivity index (χ1) is 8.60. The van der Waals surface area contributed by atoms with Gasteiger partial charge in [-0.1, -0.05) is 36.5 Å². The Hall–Kier alpha value is -0.640. The van der Waals surface area contributed by atoms with Gasteiger partial charge in [0.2, 0.25) is 0 Å². The number of benzene rings is 1. The van der Waals surface area contributed by atoms with E-state index >= 15 is 0 Å². The summed E-state index contributed by atoms with van der Waals surface area (Å²) in [5.74, 6) is 0.796. The SMILES string of the molecule is CCCCc1sc2c(Cl)c(Cl)c(OC)cc2c1O. The lowest BCUT2D eigenvalue weighted by atomic mass is 10.1. The molecule has 0 radical (unpaired) electrons. The highest BCUT2D eigenvalue weighted by Crippen LogP contribution is 2.47. The quantitative estimate of drug-likeness (QED) is 0.834. The van der Waals surface area contributed by atoms with E-state index in [9.17, 15) is 5.11 Å². The van der Waals surface area contributed by atoms with E-state index in [0.29, 0.717) is 21.5 Å². The minimum atomic E-state index is 0.306. The van der Waals surface area contributed by atoms with Crippen molar-refractivity contribution in [1.82, 2.24) is 0 Å². The highest BCUT2D eigenvalue weighted by Gasteiger charge is 2.18. The van der Waals surface area contributed by atoms with Crippen molar-refractivity contribution in [2.75, 3.05) is 7.11 Å². The Bertz CT molecular complexity index is 578. The van der Waals surface area contributed by atoms with Gasteiger partial charge in [-0.2, -0.15) is 0 Å². The maximum atomic E-state index is 10.2. The van der Waals surface area contributed by atoms with Gasteiger partial charge in [-0.3, -0.25) is 0 Å². The summed E-state index contributed by atoms with van der Waals surface area (Å²) in [5.41, 5.74) is 0. The van der Waals surface area contributed by atoms with Crippen LogP contribution in [0.5, 0.6) is 11.5 Å². The van der Waals surface area contributed by atoms with Crippen LogP contribution in [0.3, 0.4) is 0 Å². The lowest BCUT2D eigenvalue weighted by molar-refractivity contribution is 0.415. The van der Waals surface area contributed by atoms with Crippen LogP contribution in [-0.4, -0.2) is 12.2 Å². The third-order valence-electron chi connectivity index (χ3n) is 2.85. The van der Waals surface area contributed by atoms with Crippen LogP contribution in [0.4, 0.5) is 0 Å². The zero-order chi connectivity index (χ0) is 13.3. The van der Waals surface area contributed by atoms with Crippen LogP contribution in [0.15, 0.2) is 6.07 Å². The van der Waals surface area contributed by atoms with Gasteiger partial charge in [0.05, 0.1) is 16.8 Å². The minimum Gasteiger partial charge on any atom is -0.506 e. The second-order valence-electron chi connectivity index (χ2n) is 4.06. The van der Waals surface area contributed by atoms with Gasteiger partial charge in [-0.05, 0) is 18.9 Å². The summed E-state index contributed by atoms with van der Waals surface area (Å²) in [6, 6.07) is 1.74. The average molecular weight is 305 g/mol. The summed E-state index contributed by atoms with van der Waals surface area (Å²) in [7, 11) is 1.53. The highest BCUT2D eigenvalue weighted by atomic mass is 35.5. The number of aromatic hydroxyl groups is 1. The van der Waals surface area contributed by atoms with Crippen molar-refractivity contribution < 1.29 is 9.84 Å². The van der Waals surface area contributed by atoms with Crippen LogP contribution < -0.4 is 4.74 Å². The van der Waals surface area contributed by atoms with Gasteiger partial charge in [-0.25, -0.2) is 0 Å². The van der Waals surface area contributed by atoms with Gasteiger partial charge in [0.25, 0.3) is 0 Å². The molecule has 0 spiro atoms. The van der Waals surface area contributed by atoms with Gasteiger partial charge in [-0.15, -0.1) is 11.3 Å². The van der Waals surface area contributed by atoms with E-state index in [2.05, 4.69) is 6.92 Å². The molecule has 2 nitrogen and oxygen atoms in total. The molecule has 0 aliphatic carbocycles. The molecule has 0 amide bonds. The summed E-state index contributed by atoms with van der Waals surface area (Å²) in [4.78, 5) is 0.957. The summed E-state index contributed by atoms with van der Waals surface area (Å²) in [5, 5.41) is 11.8. The number of halogens is 2. The minimum absolute atomic E-state index is 0.306. The molecular formula is C13H14Cl2O2S. The van der Waals surface area contributed by atoms with Crippen molar-refractivity contribution in [1.29, 1.82) is 0 Å². The third-order valence-corrected chi connectivity index (χ3v) is 5.08. The molecule has 1 heterocycles. The largest absolute Gasteiger partial charge is 0.506 e. The van der Waals surface area contributed by atoms with Crippen LogP contribution in [0.25, 0.3) is 10.1 Å². The van der Waals surface area contributed by atoms with Gasteiger partial charge >= 0.3 is 0 Å². The molecule has 0 saturated heterocycles. The van der Waals surface area contributed by atoms with Crippen LogP contribution >= 0.6 is 34.5 Å². The van der Waals surface area contributed by atoms with Gasteiger partial charge in [0.15, 0.2) is 0 Å². The Morgan fingerprint density at radius 1 is 1.33 bits per heavy atom. The van der Waals surface area contributed by atoms with Gasteiger partial charge in [0, 0.05) is 10.3 Å². The zero-order valence-electron chi connectivity index (χ0n) is 10.2. The van der Waals surface area contributed by atoms with E-state index in [0.717, 1.165) is 34.2 Å². The lowest BCUT2D eigenvalue weighted by Crippen LogP contribution is -1.84. The predicted molar refractivity (Wildman–Crippen MR) is 78.7 cm³/mol. The molecule has 1 aromatic heterocycles. The highest BCUT2D eigenvalue weighted by molar-refractivity contribution is 7.20. The number of rotatable bonds is 4. The second-order valence-corrected chi connectivity index (χ2v) is 5.92. The number of aryl methyl sites for hydroxylation is 1. The van der Waals surface area contributed by atoms with E-state index < -0.39 is 0 Å². The molecule has 1 N–H and O–H groups in total. The number of ether oxygens (including phenoxy) is 1. The predicted octanol–water partition coefficient (Wildman–Crippen LogP) is 5.26. The van der Waals surface area contributed by atoms with Crippen molar-refractivity contribution in [2.45, 2.75) is 26.2 Å². The molecule has 0 fully saturated rings. The molecule has 0 atom stereocenters. The molecular weight excluding hydrogens is 291 g/mol. The van der Waals surface area contributed by atoms with Crippen LogP contribution in [0, 0.1) is 0 Å². The lowest BCUT2D eigenvalue weighted by Gasteiger charge is -2.05. The van der Waals surface area contributed by atoms with E-state index in [-0.39, 0.29) is 0 Å². The molecule has 0 unspecified atom stereocenters. The first-order valence-electron chi connectivity index (χ1n) is 5.76. The Morgan fingerprint density at radius 2 is 2.06 bits per heavy atom. The van der Waals surface area contributed by atoms with Crippen molar-refractivity contribution in [2.24, 2.45) is 0 Å². The van der Waals surface area contributed by atoms with Crippen molar-refractivity contribution in [3.8, 4) is 11.5 Å². The van der Waals surface area contributed by atoms with E-state index in [1.165, 1.54) is 18.4 Å². The van der Waals surface area contributed by atoms with Crippen molar-refractivity contribution >= 4 is 44.6 Å².